The minimum absolute atomic E-state index is 0.0229. The van der Waals surface area contributed by atoms with E-state index in [1.165, 1.54) is 0 Å². The van der Waals surface area contributed by atoms with Crippen LogP contribution in [0.3, 0.4) is 0 Å². The lowest BCUT2D eigenvalue weighted by molar-refractivity contribution is -0.132. The van der Waals surface area contributed by atoms with Gasteiger partial charge in [0.05, 0.1) is 12.3 Å². The lowest BCUT2D eigenvalue weighted by Gasteiger charge is -2.38. The second kappa shape index (κ2) is 5.21. The Kier molecular flexibility index (Phi) is 3.80. The van der Waals surface area contributed by atoms with Crippen LogP contribution in [0.2, 0.25) is 0 Å². The number of hydrogen-bond acceptors (Lipinski definition) is 3. The number of amides is 1. The Balaban J connectivity index is 2.33. The third-order valence-electron chi connectivity index (χ3n) is 3.19. The van der Waals surface area contributed by atoms with E-state index in [0.29, 0.717) is 19.8 Å². The average Bonchev–Trinajstić information content (AvgIpc) is 2.35. The first-order valence-electron chi connectivity index (χ1n) is 6.65. The summed E-state index contributed by atoms with van der Waals surface area (Å²) in [7, 11) is 0. The number of carbonyl (C=O) groups is 1. The molecule has 0 N–H and O–H groups in total. The maximum absolute atomic E-state index is 12.5. The Hall–Kier alpha value is -1.55. The van der Waals surface area contributed by atoms with Crippen molar-refractivity contribution >= 4 is 11.6 Å². The predicted octanol–water partition coefficient (Wildman–Crippen LogP) is 2.54. The van der Waals surface area contributed by atoms with Gasteiger partial charge in [-0.2, -0.15) is 0 Å². The van der Waals surface area contributed by atoms with Crippen LogP contribution in [0.1, 0.15) is 26.3 Å². The third kappa shape index (κ3) is 2.73. The topological polar surface area (TPSA) is 38.8 Å². The number of nitrogens with zero attached hydrogens (tertiary/aromatic N) is 1. The Bertz CT molecular complexity index is 482. The highest BCUT2D eigenvalue weighted by Crippen LogP contribution is 2.38. The number of benzene rings is 1. The van der Waals surface area contributed by atoms with Crippen LogP contribution in [0, 0.1) is 6.92 Å². The normalized spacial score (nSPS) is 17.1. The molecule has 0 bridgehead atoms. The van der Waals surface area contributed by atoms with Crippen molar-refractivity contribution < 1.29 is 14.3 Å². The largest absolute Gasteiger partial charge is 0.476 e. The van der Waals surface area contributed by atoms with Crippen LogP contribution in [0.15, 0.2) is 18.2 Å². The zero-order valence-electron chi connectivity index (χ0n) is 12.0. The van der Waals surface area contributed by atoms with Gasteiger partial charge in [-0.1, -0.05) is 6.07 Å². The molecule has 0 atom stereocenters. The fourth-order valence-corrected chi connectivity index (χ4v) is 2.20. The molecular weight excluding hydrogens is 242 g/mol. The molecule has 0 spiro atoms. The molecule has 1 aliphatic rings. The Morgan fingerprint density at radius 1 is 1.37 bits per heavy atom. The molecule has 1 heterocycles. The van der Waals surface area contributed by atoms with E-state index in [-0.39, 0.29) is 5.91 Å². The minimum atomic E-state index is -0.825. The highest BCUT2D eigenvalue weighted by atomic mass is 16.5. The molecule has 1 aromatic carbocycles. The first kappa shape index (κ1) is 13.9. The maximum Gasteiger partial charge on any atom is 0.270 e. The quantitative estimate of drug-likeness (QED) is 0.784. The second-order valence-electron chi connectivity index (χ2n) is 5.24. The number of anilines is 1. The van der Waals surface area contributed by atoms with Crippen LogP contribution in [0.5, 0.6) is 5.75 Å². The summed E-state index contributed by atoms with van der Waals surface area (Å²) in [6, 6.07) is 5.90. The van der Waals surface area contributed by atoms with Crippen LogP contribution in [-0.2, 0) is 9.53 Å². The van der Waals surface area contributed by atoms with Crippen molar-refractivity contribution in [1.82, 2.24) is 0 Å². The fourth-order valence-electron chi connectivity index (χ4n) is 2.20. The summed E-state index contributed by atoms with van der Waals surface area (Å²) in [6.45, 7) is 9.29. The van der Waals surface area contributed by atoms with Gasteiger partial charge >= 0.3 is 0 Å². The molecule has 19 heavy (non-hydrogen) atoms. The summed E-state index contributed by atoms with van der Waals surface area (Å²) >= 11 is 0. The van der Waals surface area contributed by atoms with E-state index in [2.05, 4.69) is 0 Å². The number of hydrogen-bond donors (Lipinski definition) is 0. The SMILES string of the molecule is CCOCCN1C(=O)C(C)(C)Oc2ccc(C)cc21. The fraction of sp³-hybridized carbons (Fsp3) is 0.533. The zero-order valence-corrected chi connectivity index (χ0v) is 12.0. The van der Waals surface area contributed by atoms with E-state index in [0.717, 1.165) is 17.0 Å². The summed E-state index contributed by atoms with van der Waals surface area (Å²) in [5.41, 5.74) is 1.12. The van der Waals surface area contributed by atoms with E-state index < -0.39 is 5.60 Å². The van der Waals surface area contributed by atoms with Crippen LogP contribution in [0.4, 0.5) is 5.69 Å². The molecule has 0 saturated carbocycles. The zero-order chi connectivity index (χ0) is 14.0. The van der Waals surface area contributed by atoms with Gasteiger partial charge in [-0.15, -0.1) is 0 Å². The molecule has 0 aliphatic carbocycles. The summed E-state index contributed by atoms with van der Waals surface area (Å²) < 4.78 is 11.2. The molecular formula is C15H21NO3. The Morgan fingerprint density at radius 3 is 2.79 bits per heavy atom. The summed E-state index contributed by atoms with van der Waals surface area (Å²) in [5.74, 6) is 0.733. The summed E-state index contributed by atoms with van der Waals surface area (Å²) in [6.07, 6.45) is 0. The van der Waals surface area contributed by atoms with Crippen molar-refractivity contribution in [2.24, 2.45) is 0 Å². The molecule has 0 fully saturated rings. The second-order valence-corrected chi connectivity index (χ2v) is 5.24. The molecule has 0 aromatic heterocycles. The molecule has 0 radical (unpaired) electrons. The van der Waals surface area contributed by atoms with Gasteiger partial charge in [-0.05, 0) is 45.4 Å². The summed E-state index contributed by atoms with van der Waals surface area (Å²) in [4.78, 5) is 14.2. The predicted molar refractivity (Wildman–Crippen MR) is 74.7 cm³/mol. The number of rotatable bonds is 4. The van der Waals surface area contributed by atoms with Crippen molar-refractivity contribution in [1.29, 1.82) is 0 Å². The standard InChI is InChI=1S/C15H21NO3/c1-5-18-9-8-16-12-10-11(2)6-7-13(12)19-15(3,4)14(16)17/h6-7,10H,5,8-9H2,1-4H3. The Morgan fingerprint density at radius 2 is 2.11 bits per heavy atom. The van der Waals surface area contributed by atoms with Crippen molar-refractivity contribution in [3.63, 3.8) is 0 Å². The van der Waals surface area contributed by atoms with Gasteiger partial charge in [0, 0.05) is 13.2 Å². The van der Waals surface area contributed by atoms with E-state index in [1.54, 1.807) is 18.7 Å². The van der Waals surface area contributed by atoms with Crippen LogP contribution in [0.25, 0.3) is 0 Å². The molecule has 4 heteroatoms. The maximum atomic E-state index is 12.5. The van der Waals surface area contributed by atoms with Crippen molar-refractivity contribution in [2.45, 2.75) is 33.3 Å². The van der Waals surface area contributed by atoms with Gasteiger partial charge in [0.1, 0.15) is 5.75 Å². The van der Waals surface area contributed by atoms with E-state index >= 15 is 0 Å². The van der Waals surface area contributed by atoms with Gasteiger partial charge in [-0.3, -0.25) is 4.79 Å². The molecule has 1 amide bonds. The van der Waals surface area contributed by atoms with Crippen LogP contribution in [-0.4, -0.2) is 31.3 Å². The van der Waals surface area contributed by atoms with Crippen molar-refractivity contribution in [2.75, 3.05) is 24.7 Å². The first-order valence-corrected chi connectivity index (χ1v) is 6.65. The highest BCUT2D eigenvalue weighted by Gasteiger charge is 2.40. The number of carbonyl (C=O) groups excluding carboxylic acids is 1. The van der Waals surface area contributed by atoms with Crippen molar-refractivity contribution in [3.8, 4) is 5.75 Å². The average molecular weight is 263 g/mol. The smallest absolute Gasteiger partial charge is 0.270 e. The van der Waals surface area contributed by atoms with Gasteiger partial charge in [0.25, 0.3) is 5.91 Å². The number of fused-ring (bicyclic) bond motifs is 1. The molecule has 0 unspecified atom stereocenters. The number of aryl methyl sites for hydroxylation is 1. The van der Waals surface area contributed by atoms with Crippen molar-refractivity contribution in [3.05, 3.63) is 23.8 Å². The van der Waals surface area contributed by atoms with E-state index in [4.69, 9.17) is 9.47 Å². The van der Waals surface area contributed by atoms with Gasteiger partial charge in [-0.25, -0.2) is 0 Å². The van der Waals surface area contributed by atoms with Crippen LogP contribution >= 0.6 is 0 Å². The summed E-state index contributed by atoms with van der Waals surface area (Å²) in [5, 5.41) is 0. The van der Waals surface area contributed by atoms with E-state index in [9.17, 15) is 4.79 Å². The lowest BCUT2D eigenvalue weighted by atomic mass is 10.0. The van der Waals surface area contributed by atoms with Gasteiger partial charge in [0.15, 0.2) is 5.60 Å². The van der Waals surface area contributed by atoms with E-state index in [1.807, 2.05) is 32.0 Å². The third-order valence-corrected chi connectivity index (χ3v) is 3.19. The first-order chi connectivity index (χ1) is 8.95. The molecule has 0 saturated heterocycles. The molecule has 2 rings (SSSR count). The monoisotopic (exact) mass is 263 g/mol. The highest BCUT2D eigenvalue weighted by molar-refractivity contribution is 6.02. The van der Waals surface area contributed by atoms with Gasteiger partial charge in [0.2, 0.25) is 0 Å². The molecule has 1 aliphatic heterocycles. The molecule has 4 nitrogen and oxygen atoms in total. The van der Waals surface area contributed by atoms with Gasteiger partial charge < -0.3 is 14.4 Å². The number of ether oxygens (including phenoxy) is 2. The lowest BCUT2D eigenvalue weighted by Crippen LogP contribution is -2.53. The Labute approximate surface area is 114 Å². The molecule has 104 valence electrons. The molecule has 1 aromatic rings. The van der Waals surface area contributed by atoms with Crippen LogP contribution < -0.4 is 9.64 Å². The minimum Gasteiger partial charge on any atom is -0.476 e.